The molecule has 0 saturated heterocycles. The molecule has 4 nitrogen and oxygen atoms in total. The Morgan fingerprint density at radius 3 is 2.33 bits per heavy atom. The van der Waals surface area contributed by atoms with Gasteiger partial charge in [0.05, 0.1) is 6.54 Å². The summed E-state index contributed by atoms with van der Waals surface area (Å²) in [6.45, 7) is 7.88. The maximum Gasteiger partial charge on any atom is 0.122 e. The molecular weight excluding hydrogens is 260 g/mol. The van der Waals surface area contributed by atoms with Crippen molar-refractivity contribution < 1.29 is 0 Å². The van der Waals surface area contributed by atoms with Gasteiger partial charge in [-0.2, -0.15) is 0 Å². The topological polar surface area (TPSA) is 47.1 Å². The van der Waals surface area contributed by atoms with E-state index in [9.17, 15) is 0 Å². The number of likely N-dealkylation sites (N-methyl/N-ethyl adjacent to an activating group) is 1. The number of hydrogen-bond acceptors (Lipinski definition) is 3. The number of benzene rings is 1. The molecule has 0 saturated carbocycles. The lowest BCUT2D eigenvalue weighted by Crippen LogP contribution is -2.32. The van der Waals surface area contributed by atoms with Crippen LogP contribution in [-0.2, 0) is 13.6 Å². The average molecular weight is 286 g/mol. The van der Waals surface area contributed by atoms with Crippen LogP contribution in [0.3, 0.4) is 0 Å². The molecule has 2 aromatic rings. The number of imidazole rings is 1. The van der Waals surface area contributed by atoms with Gasteiger partial charge >= 0.3 is 0 Å². The zero-order chi connectivity index (χ0) is 15.6. The van der Waals surface area contributed by atoms with E-state index in [2.05, 4.69) is 54.4 Å². The van der Waals surface area contributed by atoms with Crippen LogP contribution in [0.1, 0.15) is 34.1 Å². The number of hydrogen-bond donors (Lipinski definition) is 1. The first kappa shape index (κ1) is 15.7. The van der Waals surface area contributed by atoms with Gasteiger partial charge < -0.3 is 10.3 Å². The maximum atomic E-state index is 6.08. The third-order valence-corrected chi connectivity index (χ3v) is 4.14. The first-order chi connectivity index (χ1) is 9.93. The van der Waals surface area contributed by atoms with E-state index in [0.717, 1.165) is 12.4 Å². The summed E-state index contributed by atoms with van der Waals surface area (Å²) >= 11 is 0. The minimum atomic E-state index is 0.210. The summed E-state index contributed by atoms with van der Waals surface area (Å²) in [6.07, 6.45) is 3.81. The normalized spacial score (nSPS) is 12.9. The lowest BCUT2D eigenvalue weighted by atomic mass is 9.93. The standard InChI is InChI=1S/C17H26N4/c1-12-8-13(2)17(14(3)9-12)15(10-18)21(5)11-16-19-6-7-20(16)4/h6-9,15H,10-11,18H2,1-5H3. The number of nitrogens with zero attached hydrogens (tertiary/aromatic N) is 3. The highest BCUT2D eigenvalue weighted by Crippen LogP contribution is 2.27. The van der Waals surface area contributed by atoms with Crippen molar-refractivity contribution in [3.63, 3.8) is 0 Å². The lowest BCUT2D eigenvalue weighted by molar-refractivity contribution is 0.232. The van der Waals surface area contributed by atoms with E-state index in [0.29, 0.717) is 6.54 Å². The predicted molar refractivity (Wildman–Crippen MR) is 87.1 cm³/mol. The number of aryl methyl sites for hydroxylation is 4. The second-order valence-electron chi connectivity index (χ2n) is 5.93. The van der Waals surface area contributed by atoms with Crippen LogP contribution in [0.4, 0.5) is 0 Å². The lowest BCUT2D eigenvalue weighted by Gasteiger charge is -2.30. The molecule has 2 N–H and O–H groups in total. The van der Waals surface area contributed by atoms with Crippen molar-refractivity contribution in [2.24, 2.45) is 12.8 Å². The van der Waals surface area contributed by atoms with Crippen LogP contribution < -0.4 is 5.73 Å². The fourth-order valence-electron chi connectivity index (χ4n) is 3.12. The van der Waals surface area contributed by atoms with E-state index in [1.54, 1.807) is 0 Å². The average Bonchev–Trinajstić information content (AvgIpc) is 2.79. The Hall–Kier alpha value is -1.65. The number of nitrogens with two attached hydrogens (primary N) is 1. The molecule has 2 rings (SSSR count). The van der Waals surface area contributed by atoms with Crippen LogP contribution in [0.25, 0.3) is 0 Å². The molecule has 0 amide bonds. The summed E-state index contributed by atoms with van der Waals surface area (Å²) in [5.74, 6) is 1.05. The molecule has 1 aromatic carbocycles. The smallest absolute Gasteiger partial charge is 0.122 e. The molecule has 114 valence electrons. The van der Waals surface area contributed by atoms with Gasteiger partial charge in [-0.3, -0.25) is 4.90 Å². The highest BCUT2D eigenvalue weighted by molar-refractivity contribution is 5.39. The Morgan fingerprint density at radius 1 is 1.24 bits per heavy atom. The summed E-state index contributed by atoms with van der Waals surface area (Å²) in [4.78, 5) is 6.69. The van der Waals surface area contributed by atoms with Gasteiger partial charge in [0.1, 0.15) is 5.82 Å². The third-order valence-electron chi connectivity index (χ3n) is 4.14. The van der Waals surface area contributed by atoms with Crippen molar-refractivity contribution in [2.75, 3.05) is 13.6 Å². The van der Waals surface area contributed by atoms with E-state index in [4.69, 9.17) is 5.73 Å². The summed E-state index contributed by atoms with van der Waals surface area (Å²) in [6, 6.07) is 4.68. The zero-order valence-corrected chi connectivity index (χ0v) is 13.7. The van der Waals surface area contributed by atoms with Crippen molar-refractivity contribution in [1.29, 1.82) is 0 Å². The molecule has 1 unspecified atom stereocenters. The molecule has 0 radical (unpaired) electrons. The first-order valence-electron chi connectivity index (χ1n) is 7.38. The van der Waals surface area contributed by atoms with Crippen molar-refractivity contribution >= 4 is 0 Å². The van der Waals surface area contributed by atoms with Gasteiger partial charge in [-0.05, 0) is 44.5 Å². The molecule has 0 bridgehead atoms. The van der Waals surface area contributed by atoms with Crippen LogP contribution in [0.5, 0.6) is 0 Å². The van der Waals surface area contributed by atoms with Crippen molar-refractivity contribution in [1.82, 2.24) is 14.5 Å². The second-order valence-corrected chi connectivity index (χ2v) is 5.93. The van der Waals surface area contributed by atoms with Crippen LogP contribution in [-0.4, -0.2) is 28.0 Å². The Kier molecular flexibility index (Phi) is 4.80. The highest BCUT2D eigenvalue weighted by Gasteiger charge is 2.20. The summed E-state index contributed by atoms with van der Waals surface area (Å²) < 4.78 is 2.05. The molecule has 0 spiro atoms. The van der Waals surface area contributed by atoms with E-state index in [1.807, 2.05) is 19.4 Å². The van der Waals surface area contributed by atoms with Gasteiger partial charge in [-0.1, -0.05) is 17.7 Å². The van der Waals surface area contributed by atoms with Gasteiger partial charge in [-0.15, -0.1) is 0 Å². The molecule has 0 aliphatic carbocycles. The summed E-state index contributed by atoms with van der Waals surface area (Å²) in [7, 11) is 4.14. The van der Waals surface area contributed by atoms with E-state index in [-0.39, 0.29) is 6.04 Å². The van der Waals surface area contributed by atoms with Crippen LogP contribution in [0.2, 0.25) is 0 Å². The molecular formula is C17H26N4. The largest absolute Gasteiger partial charge is 0.337 e. The zero-order valence-electron chi connectivity index (χ0n) is 13.7. The Balaban J connectivity index is 2.29. The van der Waals surface area contributed by atoms with Crippen molar-refractivity contribution in [3.8, 4) is 0 Å². The molecule has 1 aromatic heterocycles. The van der Waals surface area contributed by atoms with Crippen LogP contribution >= 0.6 is 0 Å². The Morgan fingerprint density at radius 2 is 1.86 bits per heavy atom. The molecule has 1 atom stereocenters. The number of rotatable bonds is 5. The molecule has 21 heavy (non-hydrogen) atoms. The van der Waals surface area contributed by atoms with Crippen LogP contribution in [0.15, 0.2) is 24.5 Å². The van der Waals surface area contributed by atoms with E-state index < -0.39 is 0 Å². The first-order valence-corrected chi connectivity index (χ1v) is 7.38. The summed E-state index contributed by atoms with van der Waals surface area (Å²) in [5.41, 5.74) is 11.4. The minimum absolute atomic E-state index is 0.210. The molecule has 4 heteroatoms. The van der Waals surface area contributed by atoms with Gasteiger partial charge in [-0.25, -0.2) is 4.98 Å². The summed E-state index contributed by atoms with van der Waals surface area (Å²) in [5, 5.41) is 0. The predicted octanol–water partition coefficient (Wildman–Crippen LogP) is 2.48. The van der Waals surface area contributed by atoms with Gasteiger partial charge in [0.15, 0.2) is 0 Å². The van der Waals surface area contributed by atoms with Crippen molar-refractivity contribution in [3.05, 3.63) is 52.6 Å². The quantitative estimate of drug-likeness (QED) is 0.918. The molecule has 0 aliphatic rings. The van der Waals surface area contributed by atoms with Crippen LogP contribution in [0, 0.1) is 20.8 Å². The SMILES string of the molecule is Cc1cc(C)c(C(CN)N(C)Cc2nccn2C)c(C)c1. The fraction of sp³-hybridized carbons (Fsp3) is 0.471. The third kappa shape index (κ3) is 3.34. The second kappa shape index (κ2) is 6.41. The molecule has 0 aliphatic heterocycles. The Bertz CT molecular complexity index is 592. The monoisotopic (exact) mass is 286 g/mol. The molecule has 0 fully saturated rings. The van der Waals surface area contributed by atoms with E-state index >= 15 is 0 Å². The molecule has 1 heterocycles. The highest BCUT2D eigenvalue weighted by atomic mass is 15.2. The Labute approximate surface area is 127 Å². The van der Waals surface area contributed by atoms with E-state index in [1.165, 1.54) is 22.3 Å². The van der Waals surface area contributed by atoms with Crippen molar-refractivity contribution in [2.45, 2.75) is 33.4 Å². The van der Waals surface area contributed by atoms with Gasteiger partial charge in [0, 0.05) is 32.0 Å². The fourth-order valence-corrected chi connectivity index (χ4v) is 3.12. The number of aromatic nitrogens is 2. The van der Waals surface area contributed by atoms with Gasteiger partial charge in [0.25, 0.3) is 0 Å². The minimum Gasteiger partial charge on any atom is -0.337 e. The van der Waals surface area contributed by atoms with Gasteiger partial charge in [0.2, 0.25) is 0 Å². The maximum absolute atomic E-state index is 6.08.